The van der Waals surface area contributed by atoms with Crippen molar-refractivity contribution in [2.45, 2.75) is 45.4 Å². The predicted octanol–water partition coefficient (Wildman–Crippen LogP) is 1.95. The summed E-state index contributed by atoms with van der Waals surface area (Å²) in [7, 11) is 0. The molecule has 2 N–H and O–H groups in total. The SMILES string of the molecule is Cc1c([C@H](O)CN2CCN(C(=O)OC(C)(C)C)C[C@@H]2CO)ccc(F)c1C#N. The molecule has 1 aromatic carbocycles. The quantitative estimate of drug-likeness (QED) is 0.812. The first-order valence-corrected chi connectivity index (χ1v) is 9.27. The van der Waals surface area contributed by atoms with E-state index in [9.17, 15) is 19.4 Å². The van der Waals surface area contributed by atoms with Gasteiger partial charge in [0.25, 0.3) is 0 Å². The number of amides is 1. The first-order chi connectivity index (χ1) is 13.1. The number of aliphatic hydroxyl groups excluding tert-OH is 2. The minimum Gasteiger partial charge on any atom is -0.444 e. The zero-order valence-electron chi connectivity index (χ0n) is 16.8. The van der Waals surface area contributed by atoms with Crippen molar-refractivity contribution in [3.8, 4) is 6.07 Å². The van der Waals surface area contributed by atoms with Crippen LogP contribution in [0.5, 0.6) is 0 Å². The summed E-state index contributed by atoms with van der Waals surface area (Å²) in [5.41, 5.74) is 0.203. The molecule has 1 fully saturated rings. The van der Waals surface area contributed by atoms with Gasteiger partial charge in [-0.05, 0) is 44.9 Å². The first kappa shape index (κ1) is 22.1. The van der Waals surface area contributed by atoms with E-state index in [4.69, 9.17) is 10.00 Å². The van der Waals surface area contributed by atoms with Crippen molar-refractivity contribution >= 4 is 6.09 Å². The van der Waals surface area contributed by atoms with Crippen molar-refractivity contribution in [1.82, 2.24) is 9.80 Å². The van der Waals surface area contributed by atoms with Crippen molar-refractivity contribution in [3.05, 3.63) is 34.6 Å². The van der Waals surface area contributed by atoms with Crippen LogP contribution in [0.1, 0.15) is 43.6 Å². The highest BCUT2D eigenvalue weighted by atomic mass is 19.1. The van der Waals surface area contributed by atoms with Crippen molar-refractivity contribution in [3.63, 3.8) is 0 Å². The third-order valence-electron chi connectivity index (χ3n) is 4.80. The van der Waals surface area contributed by atoms with Crippen LogP contribution in [0.25, 0.3) is 0 Å². The van der Waals surface area contributed by atoms with Gasteiger partial charge in [0.05, 0.1) is 24.3 Å². The Labute approximate surface area is 164 Å². The minimum absolute atomic E-state index is 0.0787. The van der Waals surface area contributed by atoms with Crippen LogP contribution in [0.3, 0.4) is 0 Å². The monoisotopic (exact) mass is 393 g/mol. The summed E-state index contributed by atoms with van der Waals surface area (Å²) >= 11 is 0. The fraction of sp³-hybridized carbons (Fsp3) is 0.600. The van der Waals surface area contributed by atoms with E-state index >= 15 is 0 Å². The number of carbonyl (C=O) groups is 1. The van der Waals surface area contributed by atoms with Crippen LogP contribution in [0, 0.1) is 24.1 Å². The molecule has 0 saturated carbocycles. The molecule has 0 radical (unpaired) electrons. The third-order valence-corrected chi connectivity index (χ3v) is 4.80. The van der Waals surface area contributed by atoms with Gasteiger partial charge in [-0.3, -0.25) is 4.90 Å². The first-order valence-electron chi connectivity index (χ1n) is 9.27. The number of nitrogens with zero attached hydrogens (tertiary/aromatic N) is 3. The lowest BCUT2D eigenvalue weighted by molar-refractivity contribution is -0.0147. The molecule has 1 saturated heterocycles. The maximum atomic E-state index is 13.7. The second-order valence-corrected chi connectivity index (χ2v) is 8.02. The van der Waals surface area contributed by atoms with Crippen LogP contribution < -0.4 is 0 Å². The van der Waals surface area contributed by atoms with Crippen LogP contribution in [0.15, 0.2) is 12.1 Å². The van der Waals surface area contributed by atoms with Gasteiger partial charge in [0.15, 0.2) is 0 Å². The van der Waals surface area contributed by atoms with E-state index in [1.165, 1.54) is 12.1 Å². The van der Waals surface area contributed by atoms with Crippen LogP contribution in [-0.2, 0) is 4.74 Å². The summed E-state index contributed by atoms with van der Waals surface area (Å²) in [6, 6.07) is 4.11. The number of benzene rings is 1. The number of carbonyl (C=O) groups excluding carboxylic acids is 1. The van der Waals surface area contributed by atoms with Crippen LogP contribution >= 0.6 is 0 Å². The van der Waals surface area contributed by atoms with E-state index in [1.807, 2.05) is 11.0 Å². The fourth-order valence-electron chi connectivity index (χ4n) is 3.31. The molecule has 1 aromatic rings. The van der Waals surface area contributed by atoms with Gasteiger partial charge in [-0.15, -0.1) is 0 Å². The summed E-state index contributed by atoms with van der Waals surface area (Å²) in [6.07, 6.45) is -1.38. The number of β-amino-alcohol motifs (C(OH)–C–C–N with tert-alkyl or cyclic N) is 1. The Bertz CT molecular complexity index is 757. The highest BCUT2D eigenvalue weighted by Gasteiger charge is 2.33. The van der Waals surface area contributed by atoms with E-state index in [-0.39, 0.29) is 31.3 Å². The molecular formula is C20H28FN3O4. The van der Waals surface area contributed by atoms with Crippen LogP contribution in [-0.4, -0.2) is 70.5 Å². The van der Waals surface area contributed by atoms with Crippen molar-refractivity contribution in [2.75, 3.05) is 32.8 Å². The van der Waals surface area contributed by atoms with Gasteiger partial charge in [0, 0.05) is 26.2 Å². The van der Waals surface area contributed by atoms with Crippen molar-refractivity contribution < 1.29 is 24.1 Å². The zero-order valence-corrected chi connectivity index (χ0v) is 16.8. The lowest BCUT2D eigenvalue weighted by Gasteiger charge is -2.41. The maximum Gasteiger partial charge on any atom is 0.410 e. The van der Waals surface area contributed by atoms with E-state index in [0.717, 1.165) is 0 Å². The Morgan fingerprint density at radius 2 is 2.11 bits per heavy atom. The van der Waals surface area contributed by atoms with Gasteiger partial charge in [0.2, 0.25) is 0 Å². The molecule has 7 nitrogen and oxygen atoms in total. The minimum atomic E-state index is -0.949. The summed E-state index contributed by atoms with van der Waals surface area (Å²) in [5.74, 6) is -0.616. The molecular weight excluding hydrogens is 365 g/mol. The fourth-order valence-corrected chi connectivity index (χ4v) is 3.31. The Kier molecular flexibility index (Phi) is 6.99. The number of piperazine rings is 1. The zero-order chi connectivity index (χ0) is 21.1. The summed E-state index contributed by atoms with van der Waals surface area (Å²) in [5, 5.41) is 29.5. The van der Waals surface area contributed by atoms with Crippen molar-refractivity contribution in [2.24, 2.45) is 0 Å². The number of hydrogen-bond acceptors (Lipinski definition) is 6. The molecule has 0 aliphatic carbocycles. The summed E-state index contributed by atoms with van der Waals surface area (Å²) in [4.78, 5) is 15.7. The normalized spacial score (nSPS) is 19.2. The highest BCUT2D eigenvalue weighted by Crippen LogP contribution is 2.25. The Hall–Kier alpha value is -2.21. The Morgan fingerprint density at radius 3 is 2.68 bits per heavy atom. The van der Waals surface area contributed by atoms with E-state index < -0.39 is 23.6 Å². The van der Waals surface area contributed by atoms with Gasteiger partial charge in [0.1, 0.15) is 17.5 Å². The van der Waals surface area contributed by atoms with Crippen LogP contribution in [0.4, 0.5) is 9.18 Å². The summed E-state index contributed by atoms with van der Waals surface area (Å²) < 4.78 is 19.1. The second-order valence-electron chi connectivity index (χ2n) is 8.02. The largest absolute Gasteiger partial charge is 0.444 e. The standard InChI is InChI=1S/C20H28FN3O4/c1-13-15(5-6-17(21)16(13)9-22)18(26)11-23-7-8-24(10-14(23)12-25)19(27)28-20(2,3)4/h5-6,14,18,25-26H,7-8,10-12H2,1-4H3/t14-,18-/m1/s1. The highest BCUT2D eigenvalue weighted by molar-refractivity contribution is 5.68. The van der Waals surface area contributed by atoms with Crippen LogP contribution in [0.2, 0.25) is 0 Å². The maximum absolute atomic E-state index is 13.7. The molecule has 2 atom stereocenters. The van der Waals surface area contributed by atoms with Gasteiger partial charge < -0.3 is 19.8 Å². The topological polar surface area (TPSA) is 97.0 Å². The predicted molar refractivity (Wildman–Crippen MR) is 101 cm³/mol. The van der Waals surface area contributed by atoms with E-state index in [2.05, 4.69) is 0 Å². The number of aliphatic hydroxyl groups is 2. The van der Waals surface area contributed by atoms with Gasteiger partial charge in [-0.25, -0.2) is 9.18 Å². The van der Waals surface area contributed by atoms with Gasteiger partial charge in [-0.2, -0.15) is 5.26 Å². The molecule has 1 heterocycles. The van der Waals surface area contributed by atoms with E-state index in [1.54, 1.807) is 32.6 Å². The van der Waals surface area contributed by atoms with Crippen molar-refractivity contribution in [1.29, 1.82) is 5.26 Å². The molecule has 1 aliphatic rings. The molecule has 28 heavy (non-hydrogen) atoms. The molecule has 154 valence electrons. The number of halogens is 1. The number of ether oxygens (including phenoxy) is 1. The average Bonchev–Trinajstić information content (AvgIpc) is 2.60. The molecule has 1 amide bonds. The second kappa shape index (κ2) is 8.86. The summed E-state index contributed by atoms with van der Waals surface area (Å²) in [6.45, 7) is 8.14. The lowest BCUT2D eigenvalue weighted by atomic mass is 9.97. The smallest absolute Gasteiger partial charge is 0.410 e. The number of hydrogen-bond donors (Lipinski definition) is 2. The molecule has 0 bridgehead atoms. The third kappa shape index (κ3) is 5.19. The van der Waals surface area contributed by atoms with Gasteiger partial charge >= 0.3 is 6.09 Å². The number of nitriles is 1. The Morgan fingerprint density at radius 1 is 1.43 bits per heavy atom. The van der Waals surface area contributed by atoms with Gasteiger partial charge in [-0.1, -0.05) is 6.07 Å². The molecule has 0 spiro atoms. The molecule has 0 aromatic heterocycles. The van der Waals surface area contributed by atoms with E-state index in [0.29, 0.717) is 24.2 Å². The molecule has 0 unspecified atom stereocenters. The molecule has 1 aliphatic heterocycles. The molecule has 2 rings (SSSR count). The molecule has 8 heteroatoms. The Balaban J connectivity index is 2.07. The lowest BCUT2D eigenvalue weighted by Crippen LogP contribution is -2.57. The average molecular weight is 393 g/mol. The number of rotatable bonds is 4.